The van der Waals surface area contributed by atoms with Crippen molar-refractivity contribution >= 4 is 11.8 Å². The average Bonchev–Trinajstić information content (AvgIpc) is 3.25. The summed E-state index contributed by atoms with van der Waals surface area (Å²) in [6.07, 6.45) is 8.74. The Morgan fingerprint density at radius 1 is 1.24 bits per heavy atom. The van der Waals surface area contributed by atoms with Gasteiger partial charge in [-0.25, -0.2) is 0 Å². The molecule has 0 aliphatic heterocycles. The van der Waals surface area contributed by atoms with Crippen LogP contribution in [0.5, 0.6) is 0 Å². The van der Waals surface area contributed by atoms with Gasteiger partial charge < -0.3 is 19.6 Å². The molecular weight excluding hydrogens is 370 g/mol. The molecule has 1 aliphatic rings. The number of aromatic nitrogens is 1. The van der Waals surface area contributed by atoms with Gasteiger partial charge in [-0.3, -0.25) is 14.4 Å². The fourth-order valence-corrected chi connectivity index (χ4v) is 3.79. The van der Waals surface area contributed by atoms with Crippen LogP contribution in [0.4, 0.5) is 0 Å². The van der Waals surface area contributed by atoms with E-state index in [-0.39, 0.29) is 30.0 Å². The molecule has 29 heavy (non-hydrogen) atoms. The lowest BCUT2D eigenvalue weighted by atomic mass is 9.90. The molecule has 2 aromatic heterocycles. The standard InChI is InChI=1S/C22H29N3O4/c1-3-22(2,21(28)24-17-8-5-4-6-9-17)25(15-18-10-7-13-29-18)20(27)16-11-12-19(26)23-14-16/h7,10-14,17H,3-6,8-9,15H2,1-2H3,(H,23,26)(H,24,28)/t22-/m0/s1. The average molecular weight is 399 g/mol. The highest BCUT2D eigenvalue weighted by atomic mass is 16.3. The van der Waals surface area contributed by atoms with E-state index in [1.807, 2.05) is 6.92 Å². The number of nitrogens with zero attached hydrogens (tertiary/aromatic N) is 1. The number of H-pyrrole nitrogens is 1. The van der Waals surface area contributed by atoms with Crippen molar-refractivity contribution in [2.24, 2.45) is 0 Å². The minimum atomic E-state index is -1.06. The Morgan fingerprint density at radius 2 is 2.00 bits per heavy atom. The molecule has 0 bridgehead atoms. The quantitative estimate of drug-likeness (QED) is 0.747. The topological polar surface area (TPSA) is 95.4 Å². The molecule has 0 radical (unpaired) electrons. The van der Waals surface area contributed by atoms with Crippen molar-refractivity contribution in [3.8, 4) is 0 Å². The maximum absolute atomic E-state index is 13.4. The summed E-state index contributed by atoms with van der Waals surface area (Å²) < 4.78 is 5.46. The van der Waals surface area contributed by atoms with Crippen LogP contribution in [0.2, 0.25) is 0 Å². The van der Waals surface area contributed by atoms with Crippen molar-refractivity contribution in [2.45, 2.75) is 70.5 Å². The second kappa shape index (κ2) is 9.11. The zero-order chi connectivity index (χ0) is 20.9. The summed E-state index contributed by atoms with van der Waals surface area (Å²) in [5.41, 5.74) is -1.02. The molecule has 1 fully saturated rings. The van der Waals surface area contributed by atoms with E-state index in [1.54, 1.807) is 25.3 Å². The van der Waals surface area contributed by atoms with Crippen molar-refractivity contribution in [3.63, 3.8) is 0 Å². The smallest absolute Gasteiger partial charge is 0.256 e. The van der Waals surface area contributed by atoms with Crippen LogP contribution in [-0.2, 0) is 11.3 Å². The lowest BCUT2D eigenvalue weighted by Gasteiger charge is -2.40. The molecule has 7 heteroatoms. The van der Waals surface area contributed by atoms with Gasteiger partial charge in [0, 0.05) is 18.3 Å². The number of amides is 2. The van der Waals surface area contributed by atoms with Gasteiger partial charge in [0.1, 0.15) is 11.3 Å². The fourth-order valence-electron chi connectivity index (χ4n) is 3.79. The summed E-state index contributed by atoms with van der Waals surface area (Å²) in [5.74, 6) is 0.102. The lowest BCUT2D eigenvalue weighted by molar-refractivity contribution is -0.133. The Hall–Kier alpha value is -2.83. The highest BCUT2D eigenvalue weighted by molar-refractivity contribution is 5.99. The number of hydrogen-bond donors (Lipinski definition) is 2. The van der Waals surface area contributed by atoms with Crippen LogP contribution in [0.15, 0.2) is 45.9 Å². The molecule has 0 unspecified atom stereocenters. The van der Waals surface area contributed by atoms with Crippen LogP contribution in [-0.4, -0.2) is 33.3 Å². The first-order valence-corrected chi connectivity index (χ1v) is 10.3. The van der Waals surface area contributed by atoms with E-state index in [0.717, 1.165) is 25.7 Å². The minimum absolute atomic E-state index is 0.149. The molecule has 1 aliphatic carbocycles. The number of carbonyl (C=O) groups is 2. The highest BCUT2D eigenvalue weighted by Gasteiger charge is 2.42. The lowest BCUT2D eigenvalue weighted by Crippen LogP contribution is -2.59. The van der Waals surface area contributed by atoms with Crippen molar-refractivity contribution in [1.82, 2.24) is 15.2 Å². The second-order valence-corrected chi connectivity index (χ2v) is 7.85. The minimum Gasteiger partial charge on any atom is -0.467 e. The van der Waals surface area contributed by atoms with E-state index in [4.69, 9.17) is 4.42 Å². The first kappa shape index (κ1) is 20.9. The van der Waals surface area contributed by atoms with Crippen LogP contribution in [0.3, 0.4) is 0 Å². The van der Waals surface area contributed by atoms with Crippen molar-refractivity contribution in [1.29, 1.82) is 0 Å². The second-order valence-electron chi connectivity index (χ2n) is 7.85. The SMILES string of the molecule is CC[C@@](C)(C(=O)NC1CCCCC1)N(Cc1ccco1)C(=O)c1ccc(=O)[nH]c1. The first-order valence-electron chi connectivity index (χ1n) is 10.3. The summed E-state index contributed by atoms with van der Waals surface area (Å²) in [7, 11) is 0. The van der Waals surface area contributed by atoms with Gasteiger partial charge in [0.25, 0.3) is 5.91 Å². The van der Waals surface area contributed by atoms with Crippen LogP contribution in [0, 0.1) is 0 Å². The predicted octanol–water partition coefficient (Wildman–Crippen LogP) is 3.23. The number of aromatic amines is 1. The Kier molecular flexibility index (Phi) is 6.56. The number of hydrogen-bond acceptors (Lipinski definition) is 4. The van der Waals surface area contributed by atoms with Crippen molar-refractivity contribution in [2.75, 3.05) is 0 Å². The molecule has 0 spiro atoms. The molecule has 0 saturated heterocycles. The monoisotopic (exact) mass is 399 g/mol. The normalized spacial score (nSPS) is 16.8. The molecule has 156 valence electrons. The Balaban J connectivity index is 1.90. The predicted molar refractivity (Wildman–Crippen MR) is 109 cm³/mol. The van der Waals surface area contributed by atoms with Gasteiger partial charge in [0.15, 0.2) is 0 Å². The zero-order valence-electron chi connectivity index (χ0n) is 17.1. The molecule has 7 nitrogen and oxygen atoms in total. The number of furan rings is 1. The van der Waals surface area contributed by atoms with Crippen LogP contribution in [0.25, 0.3) is 0 Å². The molecule has 0 aromatic carbocycles. The number of nitrogens with one attached hydrogen (secondary N) is 2. The molecule has 3 rings (SSSR count). The summed E-state index contributed by atoms with van der Waals surface area (Å²) in [6, 6.07) is 6.47. The maximum Gasteiger partial charge on any atom is 0.256 e. The molecule has 1 saturated carbocycles. The van der Waals surface area contributed by atoms with E-state index in [0.29, 0.717) is 17.7 Å². The zero-order valence-corrected chi connectivity index (χ0v) is 17.1. The highest BCUT2D eigenvalue weighted by Crippen LogP contribution is 2.27. The largest absolute Gasteiger partial charge is 0.467 e. The third-order valence-electron chi connectivity index (χ3n) is 5.88. The summed E-state index contributed by atoms with van der Waals surface area (Å²) in [6.45, 7) is 3.85. The van der Waals surface area contributed by atoms with E-state index in [2.05, 4.69) is 10.3 Å². The first-order chi connectivity index (χ1) is 13.9. The Labute approximate surface area is 170 Å². The third-order valence-corrected chi connectivity index (χ3v) is 5.88. The van der Waals surface area contributed by atoms with Gasteiger partial charge in [0.2, 0.25) is 11.5 Å². The molecule has 1 atom stereocenters. The van der Waals surface area contributed by atoms with E-state index < -0.39 is 5.54 Å². The molecule has 2 N–H and O–H groups in total. The van der Waals surface area contributed by atoms with Crippen LogP contribution >= 0.6 is 0 Å². The number of carbonyl (C=O) groups excluding carboxylic acids is 2. The summed E-state index contributed by atoms with van der Waals surface area (Å²) in [4.78, 5) is 42.2. The van der Waals surface area contributed by atoms with Gasteiger partial charge in [-0.05, 0) is 44.4 Å². The van der Waals surface area contributed by atoms with Crippen molar-refractivity contribution in [3.05, 3.63) is 58.4 Å². The maximum atomic E-state index is 13.4. The molecule has 2 heterocycles. The van der Waals surface area contributed by atoms with Gasteiger partial charge in [-0.2, -0.15) is 0 Å². The molecule has 2 amide bonds. The molecule has 2 aromatic rings. The van der Waals surface area contributed by atoms with E-state index in [9.17, 15) is 14.4 Å². The van der Waals surface area contributed by atoms with Gasteiger partial charge in [0.05, 0.1) is 18.4 Å². The van der Waals surface area contributed by atoms with Gasteiger partial charge in [-0.15, -0.1) is 0 Å². The van der Waals surface area contributed by atoms with Crippen molar-refractivity contribution < 1.29 is 14.0 Å². The van der Waals surface area contributed by atoms with Crippen LogP contribution in [0.1, 0.15) is 68.5 Å². The number of rotatable bonds is 7. The number of pyridine rings is 1. The Bertz CT molecular complexity index is 863. The van der Waals surface area contributed by atoms with E-state index in [1.165, 1.54) is 29.7 Å². The summed E-state index contributed by atoms with van der Waals surface area (Å²) >= 11 is 0. The third kappa shape index (κ3) is 4.78. The van der Waals surface area contributed by atoms with Gasteiger partial charge >= 0.3 is 0 Å². The Morgan fingerprint density at radius 3 is 2.59 bits per heavy atom. The fraction of sp³-hybridized carbons (Fsp3) is 0.500. The molecular formula is C22H29N3O4. The van der Waals surface area contributed by atoms with Gasteiger partial charge in [-0.1, -0.05) is 26.2 Å². The summed E-state index contributed by atoms with van der Waals surface area (Å²) in [5, 5.41) is 3.16. The van der Waals surface area contributed by atoms with Crippen LogP contribution < -0.4 is 10.9 Å². The van der Waals surface area contributed by atoms with E-state index >= 15 is 0 Å².